The zero-order chi connectivity index (χ0) is 13.5. The topological polar surface area (TPSA) is 77.2 Å². The Morgan fingerprint density at radius 2 is 2.11 bits per heavy atom. The molecule has 1 aromatic carbocycles. The lowest BCUT2D eigenvalue weighted by Gasteiger charge is -2.05. The Balaban J connectivity index is 1.71. The molecule has 0 spiro atoms. The highest BCUT2D eigenvalue weighted by atomic mass is 16.5. The molecule has 1 aromatic heterocycles. The number of hydrogen-bond acceptors (Lipinski definition) is 4. The van der Waals surface area contributed by atoms with E-state index in [0.717, 1.165) is 12.2 Å². The van der Waals surface area contributed by atoms with Crippen LogP contribution in [0.3, 0.4) is 0 Å². The summed E-state index contributed by atoms with van der Waals surface area (Å²) in [7, 11) is 0. The third-order valence-electron chi connectivity index (χ3n) is 2.46. The molecule has 100 valence electrons. The number of rotatable bonds is 7. The molecule has 0 atom stereocenters. The lowest BCUT2D eigenvalue weighted by atomic mass is 10.3. The van der Waals surface area contributed by atoms with Crippen molar-refractivity contribution in [1.82, 2.24) is 15.0 Å². The van der Waals surface area contributed by atoms with Crippen LogP contribution in [-0.4, -0.2) is 32.7 Å². The summed E-state index contributed by atoms with van der Waals surface area (Å²) < 4.78 is 7.18. The van der Waals surface area contributed by atoms with E-state index in [-0.39, 0.29) is 6.42 Å². The Kier molecular flexibility index (Phi) is 4.49. The molecular weight excluding hydrogens is 246 g/mol. The fraction of sp³-hybridized carbons (Fsp3) is 0.308. The third kappa shape index (κ3) is 4.42. The van der Waals surface area contributed by atoms with Gasteiger partial charge in [0.25, 0.3) is 0 Å². The molecule has 1 N–H and O–H groups in total. The van der Waals surface area contributed by atoms with Crippen molar-refractivity contribution in [3.63, 3.8) is 0 Å². The number of aliphatic carboxylic acids is 1. The van der Waals surface area contributed by atoms with E-state index < -0.39 is 5.97 Å². The number of hydrogen-bond donors (Lipinski definition) is 1. The van der Waals surface area contributed by atoms with Crippen LogP contribution in [-0.2, 0) is 17.8 Å². The normalized spacial score (nSPS) is 10.3. The van der Waals surface area contributed by atoms with E-state index in [1.165, 1.54) is 0 Å². The van der Waals surface area contributed by atoms with Crippen LogP contribution in [0.2, 0.25) is 0 Å². The largest absolute Gasteiger partial charge is 0.494 e. The van der Waals surface area contributed by atoms with E-state index in [9.17, 15) is 4.79 Å². The first-order valence-corrected chi connectivity index (χ1v) is 6.03. The van der Waals surface area contributed by atoms with Gasteiger partial charge in [0, 0.05) is 19.2 Å². The number of para-hydroxylation sites is 1. The van der Waals surface area contributed by atoms with Gasteiger partial charge in [-0.25, -0.2) is 0 Å². The summed E-state index contributed by atoms with van der Waals surface area (Å²) in [6.07, 6.45) is 2.34. The van der Waals surface area contributed by atoms with Crippen molar-refractivity contribution < 1.29 is 14.6 Å². The molecule has 0 saturated heterocycles. The van der Waals surface area contributed by atoms with E-state index in [2.05, 4.69) is 10.3 Å². The summed E-state index contributed by atoms with van der Waals surface area (Å²) in [5.74, 6) is -0.0629. The molecule has 0 radical (unpaired) electrons. The van der Waals surface area contributed by atoms with Gasteiger partial charge in [0.2, 0.25) is 0 Å². The molecule has 2 aromatic rings. The molecular formula is C13H15N3O3. The van der Waals surface area contributed by atoms with Crippen molar-refractivity contribution in [2.75, 3.05) is 6.61 Å². The number of nitrogens with zero attached hydrogens (tertiary/aromatic N) is 3. The summed E-state index contributed by atoms with van der Waals surface area (Å²) in [6, 6.07) is 9.59. The predicted molar refractivity (Wildman–Crippen MR) is 67.9 cm³/mol. The highest BCUT2D eigenvalue weighted by Gasteiger charge is 2.05. The van der Waals surface area contributed by atoms with Gasteiger partial charge < -0.3 is 9.84 Å². The summed E-state index contributed by atoms with van der Waals surface area (Å²) in [4.78, 5) is 10.5. The van der Waals surface area contributed by atoms with E-state index in [0.29, 0.717) is 18.8 Å². The maximum absolute atomic E-state index is 10.5. The molecule has 0 saturated carbocycles. The zero-order valence-corrected chi connectivity index (χ0v) is 10.4. The Morgan fingerprint density at radius 1 is 1.32 bits per heavy atom. The van der Waals surface area contributed by atoms with Crippen molar-refractivity contribution in [3.05, 3.63) is 42.2 Å². The highest BCUT2D eigenvalue weighted by molar-refractivity contribution is 5.69. The standard InChI is InChI=1S/C13H15N3O3/c17-13(18)9-11-10-16(15-14-11)7-4-8-19-12-5-2-1-3-6-12/h1-3,5-6,10H,4,7-9H2,(H,17,18). The summed E-state index contributed by atoms with van der Waals surface area (Å²) >= 11 is 0. The summed E-state index contributed by atoms with van der Waals surface area (Å²) in [6.45, 7) is 1.23. The minimum absolute atomic E-state index is 0.0967. The average molecular weight is 261 g/mol. The van der Waals surface area contributed by atoms with Crippen LogP contribution >= 0.6 is 0 Å². The van der Waals surface area contributed by atoms with Gasteiger partial charge in [0.05, 0.1) is 18.7 Å². The maximum atomic E-state index is 10.5. The lowest BCUT2D eigenvalue weighted by molar-refractivity contribution is -0.136. The second-order valence-corrected chi connectivity index (χ2v) is 4.06. The smallest absolute Gasteiger partial charge is 0.309 e. The number of carboxylic acid groups (broad SMARTS) is 1. The van der Waals surface area contributed by atoms with E-state index in [1.807, 2.05) is 30.3 Å². The molecule has 0 bridgehead atoms. The minimum atomic E-state index is -0.903. The molecule has 0 aliphatic carbocycles. The molecule has 2 rings (SSSR count). The maximum Gasteiger partial charge on any atom is 0.309 e. The van der Waals surface area contributed by atoms with Crippen LogP contribution in [0.1, 0.15) is 12.1 Å². The zero-order valence-electron chi connectivity index (χ0n) is 10.4. The van der Waals surface area contributed by atoms with Gasteiger partial charge in [0.1, 0.15) is 5.75 Å². The Morgan fingerprint density at radius 3 is 2.84 bits per heavy atom. The van der Waals surface area contributed by atoms with Gasteiger partial charge in [-0.1, -0.05) is 23.4 Å². The van der Waals surface area contributed by atoms with Gasteiger partial charge in [-0.05, 0) is 12.1 Å². The fourth-order valence-electron chi connectivity index (χ4n) is 1.62. The second kappa shape index (κ2) is 6.53. The van der Waals surface area contributed by atoms with Crippen molar-refractivity contribution in [2.24, 2.45) is 0 Å². The molecule has 0 unspecified atom stereocenters. The lowest BCUT2D eigenvalue weighted by Crippen LogP contribution is -2.05. The van der Waals surface area contributed by atoms with E-state index in [1.54, 1.807) is 10.9 Å². The van der Waals surface area contributed by atoms with E-state index >= 15 is 0 Å². The first-order chi connectivity index (χ1) is 9.24. The molecule has 6 nitrogen and oxygen atoms in total. The Labute approximate surface area is 110 Å². The number of carbonyl (C=O) groups is 1. The number of aromatic nitrogens is 3. The molecule has 1 heterocycles. The van der Waals surface area contributed by atoms with Gasteiger partial charge in [-0.3, -0.25) is 9.48 Å². The number of ether oxygens (including phenoxy) is 1. The number of aryl methyl sites for hydroxylation is 1. The summed E-state index contributed by atoms with van der Waals surface area (Å²) in [5.41, 5.74) is 0.469. The van der Waals surface area contributed by atoms with Gasteiger partial charge in [-0.15, -0.1) is 5.10 Å². The van der Waals surface area contributed by atoms with E-state index in [4.69, 9.17) is 9.84 Å². The molecule has 0 aliphatic rings. The predicted octanol–water partition coefficient (Wildman–Crippen LogP) is 1.37. The van der Waals surface area contributed by atoms with Crippen LogP contribution in [0.4, 0.5) is 0 Å². The molecule has 0 aliphatic heterocycles. The van der Waals surface area contributed by atoms with Crippen LogP contribution in [0.5, 0.6) is 5.75 Å². The molecule has 6 heteroatoms. The third-order valence-corrected chi connectivity index (χ3v) is 2.46. The van der Waals surface area contributed by atoms with Crippen molar-refractivity contribution in [1.29, 1.82) is 0 Å². The monoisotopic (exact) mass is 261 g/mol. The number of benzene rings is 1. The average Bonchev–Trinajstić information content (AvgIpc) is 2.83. The molecule has 0 fully saturated rings. The van der Waals surface area contributed by atoms with Crippen LogP contribution in [0.25, 0.3) is 0 Å². The molecule has 0 amide bonds. The van der Waals surface area contributed by atoms with Crippen molar-refractivity contribution >= 4 is 5.97 Å². The van der Waals surface area contributed by atoms with Crippen LogP contribution in [0.15, 0.2) is 36.5 Å². The minimum Gasteiger partial charge on any atom is -0.494 e. The first kappa shape index (κ1) is 13.1. The van der Waals surface area contributed by atoms with Gasteiger partial charge in [-0.2, -0.15) is 0 Å². The first-order valence-electron chi connectivity index (χ1n) is 6.03. The van der Waals surface area contributed by atoms with Crippen LogP contribution < -0.4 is 4.74 Å². The Hall–Kier alpha value is -2.37. The number of carboxylic acids is 1. The van der Waals surface area contributed by atoms with Crippen molar-refractivity contribution in [3.8, 4) is 5.75 Å². The fourth-order valence-corrected chi connectivity index (χ4v) is 1.62. The SMILES string of the molecule is O=C(O)Cc1cn(CCCOc2ccccc2)nn1. The Bertz CT molecular complexity index is 525. The molecule has 19 heavy (non-hydrogen) atoms. The van der Waals surface area contributed by atoms with Gasteiger partial charge >= 0.3 is 5.97 Å². The van der Waals surface area contributed by atoms with Crippen molar-refractivity contribution in [2.45, 2.75) is 19.4 Å². The quantitative estimate of drug-likeness (QED) is 0.762. The van der Waals surface area contributed by atoms with Gasteiger partial charge in [0.15, 0.2) is 0 Å². The second-order valence-electron chi connectivity index (χ2n) is 4.06. The highest BCUT2D eigenvalue weighted by Crippen LogP contribution is 2.08. The summed E-state index contributed by atoms with van der Waals surface area (Å²) in [5, 5.41) is 16.3. The van der Waals surface area contributed by atoms with Crippen LogP contribution in [0, 0.1) is 0 Å².